The molecule has 3 aliphatic rings. The van der Waals surface area contributed by atoms with Crippen molar-refractivity contribution in [2.45, 2.75) is 50.9 Å². The van der Waals surface area contributed by atoms with Gasteiger partial charge >= 0.3 is 0 Å². The second-order valence-electron chi connectivity index (χ2n) is 7.16. The Hall–Kier alpha value is -2.69. The van der Waals surface area contributed by atoms with Gasteiger partial charge in [-0.25, -0.2) is 0 Å². The number of phenolic OH excluding ortho intramolecular Hbond substituents is 3. The lowest BCUT2D eigenvalue weighted by molar-refractivity contribution is 0.397. The Morgan fingerprint density at radius 1 is 0.846 bits per heavy atom. The summed E-state index contributed by atoms with van der Waals surface area (Å²) in [6, 6.07) is 6.24. The molecule has 1 saturated carbocycles. The molecule has 2 aliphatic carbocycles. The molecule has 0 atom stereocenters. The maximum atomic E-state index is 11.9. The maximum Gasteiger partial charge on any atom is 0.224 e. The smallest absolute Gasteiger partial charge is 0.224 e. The van der Waals surface area contributed by atoms with Gasteiger partial charge in [-0.15, -0.1) is 0 Å². The zero-order chi connectivity index (χ0) is 18.3. The highest BCUT2D eigenvalue weighted by Crippen LogP contribution is 2.47. The van der Waals surface area contributed by atoms with Crippen molar-refractivity contribution in [1.29, 1.82) is 0 Å². The van der Waals surface area contributed by atoms with Crippen LogP contribution >= 0.6 is 0 Å². The molecule has 5 heteroatoms. The van der Waals surface area contributed by atoms with E-state index in [1.165, 1.54) is 31.4 Å². The molecular formula is C21H22O5. The van der Waals surface area contributed by atoms with Gasteiger partial charge in [0.1, 0.15) is 0 Å². The first-order chi connectivity index (χ1) is 12.6. The minimum absolute atomic E-state index is 0.0722. The molecule has 0 spiro atoms. The van der Waals surface area contributed by atoms with Crippen LogP contribution in [0, 0.1) is 0 Å². The van der Waals surface area contributed by atoms with Gasteiger partial charge in [0.15, 0.2) is 17.1 Å². The molecule has 1 aromatic rings. The lowest BCUT2D eigenvalue weighted by Crippen LogP contribution is -2.08. The van der Waals surface area contributed by atoms with Crippen LogP contribution in [-0.4, -0.2) is 15.3 Å². The first-order valence-corrected chi connectivity index (χ1v) is 9.21. The summed E-state index contributed by atoms with van der Waals surface area (Å²) in [6.07, 6.45) is 7.92. The third-order valence-electron chi connectivity index (χ3n) is 5.50. The van der Waals surface area contributed by atoms with E-state index in [0.29, 0.717) is 5.56 Å². The second kappa shape index (κ2) is 6.56. The summed E-state index contributed by atoms with van der Waals surface area (Å²) in [6.45, 7) is 0. The summed E-state index contributed by atoms with van der Waals surface area (Å²) in [4.78, 5) is 11.9. The minimum atomic E-state index is -0.524. The Labute approximate surface area is 150 Å². The summed E-state index contributed by atoms with van der Waals surface area (Å²) in [5.41, 5.74) is 1.26. The number of hydrogen-bond acceptors (Lipinski definition) is 5. The number of rotatable bonds is 1. The quantitative estimate of drug-likeness (QED) is 0.429. The summed E-state index contributed by atoms with van der Waals surface area (Å²) in [7, 11) is 0. The van der Waals surface area contributed by atoms with Gasteiger partial charge < -0.3 is 19.7 Å². The molecule has 0 unspecified atom stereocenters. The number of aromatic hydroxyl groups is 3. The van der Waals surface area contributed by atoms with E-state index < -0.39 is 11.2 Å². The van der Waals surface area contributed by atoms with Gasteiger partial charge in [0, 0.05) is 10.9 Å². The predicted molar refractivity (Wildman–Crippen MR) is 99.2 cm³/mol. The Bertz CT molecular complexity index is 980. The average Bonchev–Trinajstić information content (AvgIpc) is 2.61. The van der Waals surface area contributed by atoms with E-state index in [9.17, 15) is 20.1 Å². The monoisotopic (exact) mass is 354 g/mol. The lowest BCUT2D eigenvalue weighted by atomic mass is 9.81. The lowest BCUT2D eigenvalue weighted by Gasteiger charge is -2.25. The molecule has 0 saturated heterocycles. The van der Waals surface area contributed by atoms with E-state index in [-0.39, 0.29) is 28.8 Å². The molecule has 1 aliphatic heterocycles. The summed E-state index contributed by atoms with van der Waals surface area (Å²) >= 11 is 0. The molecular weight excluding hydrogens is 332 g/mol. The van der Waals surface area contributed by atoms with Crippen molar-refractivity contribution >= 4 is 11.0 Å². The summed E-state index contributed by atoms with van der Waals surface area (Å²) in [5, 5.41) is 31.1. The van der Waals surface area contributed by atoms with Crippen LogP contribution in [0.15, 0.2) is 33.5 Å². The molecule has 1 heterocycles. The van der Waals surface area contributed by atoms with Crippen LogP contribution in [-0.2, 0) is 0 Å². The molecule has 5 nitrogen and oxygen atoms in total. The van der Waals surface area contributed by atoms with Crippen molar-refractivity contribution in [3.63, 3.8) is 0 Å². The van der Waals surface area contributed by atoms with Gasteiger partial charge in [0.2, 0.25) is 16.9 Å². The van der Waals surface area contributed by atoms with Crippen LogP contribution in [0.2, 0.25) is 0 Å². The van der Waals surface area contributed by atoms with E-state index in [2.05, 4.69) is 0 Å². The van der Waals surface area contributed by atoms with E-state index in [1.54, 1.807) is 12.1 Å². The van der Waals surface area contributed by atoms with Gasteiger partial charge in [-0.05, 0) is 48.6 Å². The zero-order valence-corrected chi connectivity index (χ0v) is 14.5. The van der Waals surface area contributed by atoms with Crippen LogP contribution in [0.5, 0.6) is 17.2 Å². The first kappa shape index (κ1) is 16.8. The van der Waals surface area contributed by atoms with Crippen LogP contribution < -0.4 is 5.43 Å². The van der Waals surface area contributed by atoms with Crippen LogP contribution in [0.1, 0.15) is 56.4 Å². The third-order valence-corrected chi connectivity index (χ3v) is 5.50. The van der Waals surface area contributed by atoms with Crippen molar-refractivity contribution in [1.82, 2.24) is 0 Å². The number of phenols is 3. The molecule has 4 rings (SSSR count). The normalized spacial score (nSPS) is 16.6. The van der Waals surface area contributed by atoms with Crippen molar-refractivity contribution in [2.75, 3.05) is 0 Å². The fraction of sp³-hybridized carbons (Fsp3) is 0.381. The van der Waals surface area contributed by atoms with Gasteiger partial charge in [0.25, 0.3) is 0 Å². The highest BCUT2D eigenvalue weighted by Gasteiger charge is 2.27. The number of benzene rings is 2. The first-order valence-electron chi connectivity index (χ1n) is 9.21. The minimum Gasteiger partial charge on any atom is -0.504 e. The molecule has 0 radical (unpaired) electrons. The fourth-order valence-electron chi connectivity index (χ4n) is 4.18. The van der Waals surface area contributed by atoms with Crippen LogP contribution in [0.25, 0.3) is 22.3 Å². The average molecular weight is 354 g/mol. The topological polar surface area (TPSA) is 90.9 Å². The van der Waals surface area contributed by atoms with Crippen LogP contribution in [0.3, 0.4) is 0 Å². The maximum absolute atomic E-state index is 11.9. The highest BCUT2D eigenvalue weighted by molar-refractivity contribution is 5.94. The Morgan fingerprint density at radius 3 is 2.27 bits per heavy atom. The third kappa shape index (κ3) is 2.68. The summed E-state index contributed by atoms with van der Waals surface area (Å²) < 4.78 is 5.70. The highest BCUT2D eigenvalue weighted by atomic mass is 16.4. The molecule has 1 aromatic carbocycles. The molecule has 136 valence electrons. The van der Waals surface area contributed by atoms with Crippen molar-refractivity contribution in [2.24, 2.45) is 0 Å². The van der Waals surface area contributed by atoms with Gasteiger partial charge in [-0.3, -0.25) is 4.79 Å². The molecule has 3 N–H and O–H groups in total. The van der Waals surface area contributed by atoms with Gasteiger partial charge in [-0.2, -0.15) is 0 Å². The summed E-state index contributed by atoms with van der Waals surface area (Å²) in [5.74, 6) is -0.797. The SMILES string of the molecule is O=c1ccc2c(C3CCCCCCC3)c3ccc(O)c(O)c3oc-2c1O. The van der Waals surface area contributed by atoms with Gasteiger partial charge in [0.05, 0.1) is 0 Å². The zero-order valence-electron chi connectivity index (χ0n) is 14.5. The van der Waals surface area contributed by atoms with E-state index >= 15 is 0 Å². The molecule has 1 fully saturated rings. The van der Waals surface area contributed by atoms with Crippen molar-refractivity contribution in [3.8, 4) is 28.6 Å². The standard InChI is InChI=1S/C21H22O5/c22-15-10-8-13-17(12-6-4-2-1-3-5-7-12)14-9-11-16(23)19(25)21(14)26-20(13)18(15)24/h8-12,22,24-25H,1-7H2. The Morgan fingerprint density at radius 2 is 1.54 bits per heavy atom. The molecule has 0 aromatic heterocycles. The van der Waals surface area contributed by atoms with E-state index in [0.717, 1.165) is 36.6 Å². The Kier molecular flexibility index (Phi) is 4.23. The molecule has 0 amide bonds. The van der Waals surface area contributed by atoms with Crippen molar-refractivity contribution in [3.05, 3.63) is 40.1 Å². The van der Waals surface area contributed by atoms with Crippen LogP contribution in [0.4, 0.5) is 0 Å². The molecule has 0 bridgehead atoms. The van der Waals surface area contributed by atoms with E-state index in [1.807, 2.05) is 0 Å². The molecule has 26 heavy (non-hydrogen) atoms. The van der Waals surface area contributed by atoms with E-state index in [4.69, 9.17) is 4.42 Å². The number of hydrogen-bond donors (Lipinski definition) is 3. The Balaban J connectivity index is 2.05. The fourth-order valence-corrected chi connectivity index (χ4v) is 4.18. The second-order valence-corrected chi connectivity index (χ2v) is 7.16. The van der Waals surface area contributed by atoms with Crippen molar-refractivity contribution < 1.29 is 19.7 Å². The predicted octanol–water partition coefficient (Wildman–Crippen LogP) is 4.84. The largest absolute Gasteiger partial charge is 0.504 e. The van der Waals surface area contributed by atoms with Gasteiger partial charge in [-0.1, -0.05) is 32.1 Å². The number of fused-ring (bicyclic) bond motifs is 2.